The van der Waals surface area contributed by atoms with Crippen molar-refractivity contribution in [3.63, 3.8) is 0 Å². The molecule has 6 heteroatoms. The third-order valence-electron chi connectivity index (χ3n) is 2.98. The van der Waals surface area contributed by atoms with Crippen molar-refractivity contribution in [2.75, 3.05) is 20.1 Å². The van der Waals surface area contributed by atoms with Gasteiger partial charge in [0, 0.05) is 13.1 Å². The highest BCUT2D eigenvalue weighted by Crippen LogP contribution is 2.22. The first-order chi connectivity index (χ1) is 8.54. The van der Waals surface area contributed by atoms with Crippen molar-refractivity contribution in [1.29, 1.82) is 0 Å². The number of furan rings is 1. The third-order valence-corrected chi connectivity index (χ3v) is 4.72. The highest BCUT2D eigenvalue weighted by Gasteiger charge is 2.28. The van der Waals surface area contributed by atoms with Crippen LogP contribution < -0.4 is 5.32 Å². The van der Waals surface area contributed by atoms with E-state index in [2.05, 4.69) is 5.32 Å². The van der Waals surface area contributed by atoms with Crippen LogP contribution in [0.4, 0.5) is 0 Å². The van der Waals surface area contributed by atoms with Crippen LogP contribution in [0, 0.1) is 0 Å². The van der Waals surface area contributed by atoms with Crippen molar-refractivity contribution >= 4 is 10.0 Å². The molecule has 1 aromatic heterocycles. The second-order valence-corrected chi connectivity index (χ2v) is 6.28. The Morgan fingerprint density at radius 1 is 1.44 bits per heavy atom. The summed E-state index contributed by atoms with van der Waals surface area (Å²) in [5.74, 6) is 0.625. The monoisotopic (exact) mass is 270 g/mol. The van der Waals surface area contributed by atoms with Crippen LogP contribution in [0.25, 0.3) is 0 Å². The number of sulfonamides is 1. The molecule has 0 aromatic carbocycles. The molecule has 5 nitrogen and oxygen atoms in total. The Kier molecular flexibility index (Phi) is 3.89. The molecule has 0 saturated heterocycles. The molecular formula is C12H18N2O3S. The molecule has 0 amide bonds. The first kappa shape index (κ1) is 13.3. The van der Waals surface area contributed by atoms with E-state index in [0.717, 1.165) is 6.42 Å². The number of nitrogens with one attached hydrogen (secondary N) is 1. The van der Waals surface area contributed by atoms with Gasteiger partial charge in [-0.15, -0.1) is 0 Å². The molecule has 1 aliphatic heterocycles. The quantitative estimate of drug-likeness (QED) is 0.839. The average Bonchev–Trinajstić information content (AvgIpc) is 2.79. The summed E-state index contributed by atoms with van der Waals surface area (Å²) in [5, 5.41) is 2.95. The van der Waals surface area contributed by atoms with Gasteiger partial charge in [-0.3, -0.25) is 0 Å². The zero-order valence-electron chi connectivity index (χ0n) is 10.6. The number of rotatable bonds is 4. The highest BCUT2D eigenvalue weighted by atomic mass is 32.2. The molecule has 18 heavy (non-hydrogen) atoms. The fourth-order valence-electron chi connectivity index (χ4n) is 1.86. The molecule has 0 unspecified atom stereocenters. The topological polar surface area (TPSA) is 62.6 Å². The lowest BCUT2D eigenvalue weighted by atomic mass is 10.1. The first-order valence-corrected chi connectivity index (χ1v) is 7.37. The van der Waals surface area contributed by atoms with E-state index >= 15 is 0 Å². The minimum atomic E-state index is -3.49. The van der Waals surface area contributed by atoms with Crippen molar-refractivity contribution in [1.82, 2.24) is 9.62 Å². The Balaban J connectivity index is 2.19. The molecule has 1 N–H and O–H groups in total. The number of nitrogens with zero attached hydrogens (tertiary/aromatic N) is 1. The third kappa shape index (κ3) is 2.66. The SMILES string of the molecule is CNCc1ccc(S(=O)(=O)N2CC=C(C)CC2)o1. The molecule has 0 radical (unpaired) electrons. The standard InChI is InChI=1S/C12H18N2O3S/c1-10-5-7-14(8-6-10)18(15,16)12-4-3-11(17-12)9-13-2/h3-5,13H,6-9H2,1-2H3. The highest BCUT2D eigenvalue weighted by molar-refractivity contribution is 7.89. The molecule has 1 aromatic rings. The maximum absolute atomic E-state index is 12.3. The van der Waals surface area contributed by atoms with Crippen molar-refractivity contribution in [2.24, 2.45) is 0 Å². The fraction of sp³-hybridized carbons (Fsp3) is 0.500. The van der Waals surface area contributed by atoms with Gasteiger partial charge in [0.05, 0.1) is 6.54 Å². The number of hydrogen-bond donors (Lipinski definition) is 1. The van der Waals surface area contributed by atoms with Gasteiger partial charge < -0.3 is 9.73 Å². The van der Waals surface area contributed by atoms with Gasteiger partial charge in [0.2, 0.25) is 5.09 Å². The van der Waals surface area contributed by atoms with Crippen molar-refractivity contribution in [3.05, 3.63) is 29.5 Å². The number of hydrogen-bond acceptors (Lipinski definition) is 4. The van der Waals surface area contributed by atoms with Crippen LogP contribution in [0.1, 0.15) is 19.1 Å². The minimum absolute atomic E-state index is 0.0284. The molecule has 2 heterocycles. The Morgan fingerprint density at radius 2 is 2.22 bits per heavy atom. The first-order valence-electron chi connectivity index (χ1n) is 5.93. The van der Waals surface area contributed by atoms with Gasteiger partial charge in [0.15, 0.2) is 0 Å². The Morgan fingerprint density at radius 3 is 2.83 bits per heavy atom. The van der Waals surface area contributed by atoms with Crippen LogP contribution in [0.15, 0.2) is 33.3 Å². The molecule has 0 atom stereocenters. The molecule has 100 valence electrons. The van der Waals surface area contributed by atoms with E-state index in [9.17, 15) is 8.42 Å². The summed E-state index contributed by atoms with van der Waals surface area (Å²) in [6.07, 6.45) is 2.72. The molecule has 2 rings (SSSR count). The van der Waals surface area contributed by atoms with E-state index in [0.29, 0.717) is 25.4 Å². The van der Waals surface area contributed by atoms with E-state index in [1.807, 2.05) is 13.0 Å². The smallest absolute Gasteiger partial charge is 0.276 e. The van der Waals surface area contributed by atoms with Crippen molar-refractivity contribution < 1.29 is 12.8 Å². The van der Waals surface area contributed by atoms with E-state index in [1.54, 1.807) is 13.1 Å². The maximum Gasteiger partial charge on any atom is 0.276 e. The van der Waals surface area contributed by atoms with Gasteiger partial charge in [-0.25, -0.2) is 8.42 Å². The summed E-state index contributed by atoms with van der Waals surface area (Å²) >= 11 is 0. The molecule has 0 fully saturated rings. The van der Waals surface area contributed by atoms with Gasteiger partial charge >= 0.3 is 0 Å². The summed E-state index contributed by atoms with van der Waals surface area (Å²) in [4.78, 5) is 0. The van der Waals surface area contributed by atoms with Crippen molar-refractivity contribution in [2.45, 2.75) is 25.0 Å². The second-order valence-electron chi connectivity index (χ2n) is 4.41. The zero-order valence-corrected chi connectivity index (χ0v) is 11.5. The summed E-state index contributed by atoms with van der Waals surface area (Å²) < 4.78 is 31.4. The predicted molar refractivity (Wildman–Crippen MR) is 68.6 cm³/mol. The molecule has 0 bridgehead atoms. The Hall–Kier alpha value is -1.11. The van der Waals surface area contributed by atoms with E-state index in [1.165, 1.54) is 15.9 Å². The van der Waals surface area contributed by atoms with Gasteiger partial charge in [-0.1, -0.05) is 11.6 Å². The van der Waals surface area contributed by atoms with Gasteiger partial charge in [-0.05, 0) is 32.5 Å². The minimum Gasteiger partial charge on any atom is -0.447 e. The molecule has 1 aliphatic rings. The van der Waals surface area contributed by atoms with E-state index in [4.69, 9.17) is 4.42 Å². The molecule has 0 saturated carbocycles. The molecular weight excluding hydrogens is 252 g/mol. The van der Waals surface area contributed by atoms with Crippen LogP contribution in [0.5, 0.6) is 0 Å². The Bertz CT molecular complexity index is 545. The fourth-order valence-corrected chi connectivity index (χ4v) is 3.17. The largest absolute Gasteiger partial charge is 0.447 e. The van der Waals surface area contributed by atoms with E-state index in [-0.39, 0.29) is 5.09 Å². The predicted octanol–water partition coefficient (Wildman–Crippen LogP) is 1.34. The van der Waals surface area contributed by atoms with Crippen LogP contribution in [0.2, 0.25) is 0 Å². The van der Waals surface area contributed by atoms with Crippen LogP contribution in [-0.2, 0) is 16.6 Å². The summed E-state index contributed by atoms with van der Waals surface area (Å²) in [7, 11) is -1.70. The maximum atomic E-state index is 12.3. The summed E-state index contributed by atoms with van der Waals surface area (Å²) in [5.41, 5.74) is 1.23. The lowest BCUT2D eigenvalue weighted by molar-refractivity contribution is 0.372. The van der Waals surface area contributed by atoms with Gasteiger partial charge in [0.25, 0.3) is 10.0 Å². The van der Waals surface area contributed by atoms with Gasteiger partial charge in [-0.2, -0.15) is 4.31 Å². The van der Waals surface area contributed by atoms with Crippen LogP contribution in [-0.4, -0.2) is 32.9 Å². The van der Waals surface area contributed by atoms with E-state index < -0.39 is 10.0 Å². The lowest BCUT2D eigenvalue weighted by Crippen LogP contribution is -2.34. The lowest BCUT2D eigenvalue weighted by Gasteiger charge is -2.23. The van der Waals surface area contributed by atoms with Crippen LogP contribution in [0.3, 0.4) is 0 Å². The average molecular weight is 270 g/mol. The molecule has 0 aliphatic carbocycles. The molecule has 0 spiro atoms. The van der Waals surface area contributed by atoms with Crippen molar-refractivity contribution in [3.8, 4) is 0 Å². The Labute approximate surface area is 108 Å². The summed E-state index contributed by atoms with van der Waals surface area (Å²) in [6, 6.07) is 3.21. The zero-order chi connectivity index (χ0) is 13.2. The van der Waals surface area contributed by atoms with Gasteiger partial charge in [0.1, 0.15) is 5.76 Å². The second kappa shape index (κ2) is 5.26. The van der Waals surface area contributed by atoms with Crippen LogP contribution >= 0.6 is 0 Å². The normalized spacial score (nSPS) is 17.8. The summed E-state index contributed by atoms with van der Waals surface area (Å²) in [6.45, 7) is 3.49.